The van der Waals surface area contributed by atoms with Gasteiger partial charge in [0.15, 0.2) is 5.79 Å². The van der Waals surface area contributed by atoms with Crippen molar-refractivity contribution in [2.45, 2.75) is 149 Å². The monoisotopic (exact) mass is 554 g/mol. The summed E-state index contributed by atoms with van der Waals surface area (Å²) in [5, 5.41) is 5.66. The molecule has 0 bridgehead atoms. The van der Waals surface area contributed by atoms with E-state index in [0.717, 1.165) is 12.8 Å². The van der Waals surface area contributed by atoms with Crippen LogP contribution in [0.3, 0.4) is 0 Å². The fourth-order valence-corrected chi connectivity index (χ4v) is 4.65. The van der Waals surface area contributed by atoms with Gasteiger partial charge in [0.25, 0.3) is 0 Å². The second-order valence-corrected chi connectivity index (χ2v) is 12.1. The van der Waals surface area contributed by atoms with Gasteiger partial charge >= 0.3 is 5.97 Å². The molecule has 0 saturated carbocycles. The number of carbonyl (C=O) groups excluding carboxylic acids is 3. The van der Waals surface area contributed by atoms with Crippen molar-refractivity contribution in [3.63, 3.8) is 0 Å². The van der Waals surface area contributed by atoms with Crippen LogP contribution < -0.4 is 10.6 Å². The minimum Gasteiger partial charge on any atom is -0.466 e. The first kappa shape index (κ1) is 35.4. The van der Waals surface area contributed by atoms with Crippen LogP contribution >= 0.6 is 0 Å². The molecule has 228 valence electrons. The van der Waals surface area contributed by atoms with Crippen LogP contribution in [0.5, 0.6) is 0 Å². The van der Waals surface area contributed by atoms with Crippen LogP contribution in [0.2, 0.25) is 0 Å². The van der Waals surface area contributed by atoms with Gasteiger partial charge in [-0.3, -0.25) is 14.4 Å². The molecule has 0 radical (unpaired) electrons. The van der Waals surface area contributed by atoms with Crippen molar-refractivity contribution < 1.29 is 28.6 Å². The normalized spacial score (nSPS) is 17.9. The Bertz CT molecular complexity index is 695. The highest BCUT2D eigenvalue weighted by atomic mass is 16.7. The highest BCUT2D eigenvalue weighted by Crippen LogP contribution is 2.34. The van der Waals surface area contributed by atoms with Gasteiger partial charge in [-0.15, -0.1) is 0 Å². The van der Waals surface area contributed by atoms with Gasteiger partial charge < -0.3 is 24.8 Å². The van der Waals surface area contributed by atoms with Crippen molar-refractivity contribution in [3.05, 3.63) is 0 Å². The quantitative estimate of drug-likeness (QED) is 0.122. The molecule has 1 heterocycles. The molecule has 1 saturated heterocycles. The first-order chi connectivity index (χ1) is 18.6. The average molecular weight is 555 g/mol. The van der Waals surface area contributed by atoms with E-state index in [1.54, 1.807) is 13.8 Å². The molecule has 39 heavy (non-hydrogen) atoms. The van der Waals surface area contributed by atoms with Gasteiger partial charge in [0, 0.05) is 24.9 Å². The average Bonchev–Trinajstić information content (AvgIpc) is 2.88. The van der Waals surface area contributed by atoms with E-state index in [1.807, 2.05) is 13.8 Å². The molecule has 8 nitrogen and oxygen atoms in total. The van der Waals surface area contributed by atoms with Crippen LogP contribution in [0.15, 0.2) is 0 Å². The molecule has 0 aromatic rings. The van der Waals surface area contributed by atoms with E-state index in [-0.39, 0.29) is 37.4 Å². The van der Waals surface area contributed by atoms with Crippen LogP contribution in [0.1, 0.15) is 137 Å². The fourth-order valence-electron chi connectivity index (χ4n) is 4.65. The van der Waals surface area contributed by atoms with Gasteiger partial charge in [-0.2, -0.15) is 0 Å². The molecule has 2 N–H and O–H groups in total. The van der Waals surface area contributed by atoms with Crippen LogP contribution in [-0.4, -0.2) is 56.0 Å². The molecule has 0 aromatic heterocycles. The maximum absolute atomic E-state index is 12.6. The van der Waals surface area contributed by atoms with E-state index < -0.39 is 17.3 Å². The van der Waals surface area contributed by atoms with Gasteiger partial charge in [-0.1, -0.05) is 97.8 Å². The van der Waals surface area contributed by atoms with Crippen LogP contribution in [0.4, 0.5) is 0 Å². The second-order valence-electron chi connectivity index (χ2n) is 12.1. The number of ether oxygens (including phenoxy) is 3. The van der Waals surface area contributed by atoms with Gasteiger partial charge in [0.05, 0.1) is 19.6 Å². The van der Waals surface area contributed by atoms with E-state index in [0.29, 0.717) is 26.0 Å². The number of esters is 1. The summed E-state index contributed by atoms with van der Waals surface area (Å²) in [5.41, 5.74) is -0.461. The number of hydrogen-bond acceptors (Lipinski definition) is 6. The van der Waals surface area contributed by atoms with Crippen molar-refractivity contribution in [3.8, 4) is 0 Å². The van der Waals surface area contributed by atoms with Gasteiger partial charge in [0.1, 0.15) is 6.10 Å². The van der Waals surface area contributed by atoms with E-state index in [1.165, 1.54) is 70.6 Å². The summed E-state index contributed by atoms with van der Waals surface area (Å²) in [6.45, 7) is 11.0. The molecule has 0 aliphatic carbocycles. The Balaban J connectivity index is 1.94. The third kappa shape index (κ3) is 17.6. The Morgan fingerprint density at radius 1 is 0.744 bits per heavy atom. The molecule has 1 aliphatic rings. The zero-order valence-corrected chi connectivity index (χ0v) is 25.7. The zero-order valence-electron chi connectivity index (χ0n) is 25.7. The SMILES string of the molecule is CCCCCCCCCCCCCCCC(=O)NCCCOC(=O)CCNC(=O)C1OC(C)(C)OCC1(C)C. The van der Waals surface area contributed by atoms with Crippen molar-refractivity contribution in [2.75, 3.05) is 26.3 Å². The lowest BCUT2D eigenvalue weighted by Crippen LogP contribution is -2.56. The fraction of sp³-hybridized carbons (Fsp3) is 0.903. The summed E-state index contributed by atoms with van der Waals surface area (Å²) in [7, 11) is 0. The van der Waals surface area contributed by atoms with E-state index >= 15 is 0 Å². The van der Waals surface area contributed by atoms with Crippen molar-refractivity contribution in [2.24, 2.45) is 5.41 Å². The maximum Gasteiger partial charge on any atom is 0.307 e. The Morgan fingerprint density at radius 3 is 1.90 bits per heavy atom. The number of nitrogens with one attached hydrogen (secondary N) is 2. The summed E-state index contributed by atoms with van der Waals surface area (Å²) in [6.07, 6.45) is 17.3. The zero-order chi connectivity index (χ0) is 29.0. The van der Waals surface area contributed by atoms with Gasteiger partial charge in [-0.05, 0) is 26.7 Å². The first-order valence-corrected chi connectivity index (χ1v) is 15.6. The molecule has 0 spiro atoms. The van der Waals surface area contributed by atoms with Gasteiger partial charge in [0.2, 0.25) is 11.8 Å². The molecule has 0 aromatic carbocycles. The second kappa shape index (κ2) is 20.2. The predicted molar refractivity (Wildman–Crippen MR) is 155 cm³/mol. The Morgan fingerprint density at radius 2 is 1.31 bits per heavy atom. The minimum absolute atomic E-state index is 0.0635. The topological polar surface area (TPSA) is 103 Å². The first-order valence-electron chi connectivity index (χ1n) is 15.6. The molecule has 2 amide bonds. The maximum atomic E-state index is 12.6. The standard InChI is InChI=1S/C31H58N2O6/c1-6-7-8-9-10-11-12-13-14-15-16-17-18-20-26(34)32-22-19-24-37-27(35)21-23-33-29(36)28-30(2,3)25-38-31(4,5)39-28/h28H,6-25H2,1-5H3,(H,32,34)(H,33,36). The van der Waals surface area contributed by atoms with E-state index in [4.69, 9.17) is 14.2 Å². The van der Waals surface area contributed by atoms with Gasteiger partial charge in [-0.25, -0.2) is 0 Å². The number of amides is 2. The Kier molecular flexibility index (Phi) is 18.4. The highest BCUT2D eigenvalue weighted by molar-refractivity contribution is 5.82. The summed E-state index contributed by atoms with van der Waals surface area (Å²) in [5.74, 6) is -1.39. The lowest BCUT2D eigenvalue weighted by molar-refractivity contribution is -0.304. The summed E-state index contributed by atoms with van der Waals surface area (Å²) in [6, 6.07) is 0. The lowest BCUT2D eigenvalue weighted by Gasteiger charge is -2.44. The molecule has 8 heteroatoms. The van der Waals surface area contributed by atoms with E-state index in [2.05, 4.69) is 17.6 Å². The summed E-state index contributed by atoms with van der Waals surface area (Å²) in [4.78, 5) is 36.5. The summed E-state index contributed by atoms with van der Waals surface area (Å²) >= 11 is 0. The summed E-state index contributed by atoms with van der Waals surface area (Å²) < 4.78 is 16.7. The number of rotatable bonds is 22. The number of unbranched alkanes of at least 4 members (excludes halogenated alkanes) is 12. The Labute approximate surface area is 238 Å². The molecule has 1 unspecified atom stereocenters. The number of hydrogen-bond donors (Lipinski definition) is 2. The van der Waals surface area contributed by atoms with Crippen LogP contribution in [0.25, 0.3) is 0 Å². The number of carbonyl (C=O) groups is 3. The molecule has 1 atom stereocenters. The van der Waals surface area contributed by atoms with Crippen molar-refractivity contribution >= 4 is 17.8 Å². The van der Waals surface area contributed by atoms with Crippen LogP contribution in [0, 0.1) is 5.41 Å². The lowest BCUT2D eigenvalue weighted by atomic mass is 9.85. The van der Waals surface area contributed by atoms with Crippen LogP contribution in [-0.2, 0) is 28.6 Å². The largest absolute Gasteiger partial charge is 0.466 e. The molecular weight excluding hydrogens is 496 g/mol. The Hall–Kier alpha value is -1.67. The third-order valence-electron chi connectivity index (χ3n) is 7.18. The van der Waals surface area contributed by atoms with Crippen molar-refractivity contribution in [1.29, 1.82) is 0 Å². The highest BCUT2D eigenvalue weighted by Gasteiger charge is 2.45. The molecular formula is C31H58N2O6. The molecule has 1 rings (SSSR count). The molecule has 1 fully saturated rings. The van der Waals surface area contributed by atoms with E-state index in [9.17, 15) is 14.4 Å². The minimum atomic E-state index is -0.821. The predicted octanol–water partition coefficient (Wildman–Crippen LogP) is 6.20. The smallest absolute Gasteiger partial charge is 0.307 e. The third-order valence-corrected chi connectivity index (χ3v) is 7.18. The molecule has 1 aliphatic heterocycles. The van der Waals surface area contributed by atoms with Crippen molar-refractivity contribution in [1.82, 2.24) is 10.6 Å².